The Morgan fingerprint density at radius 2 is 1.80 bits per heavy atom. The van der Waals surface area contributed by atoms with E-state index >= 15 is 0 Å². The predicted molar refractivity (Wildman–Crippen MR) is 86.5 cm³/mol. The maximum Gasteiger partial charge on any atom is 0.340 e. The number of benzene rings is 2. The summed E-state index contributed by atoms with van der Waals surface area (Å²) in [4.78, 5) is 35.4. The summed E-state index contributed by atoms with van der Waals surface area (Å²) < 4.78 is 31.6. The summed E-state index contributed by atoms with van der Waals surface area (Å²) in [6, 6.07) is 7.14. The Kier molecular flexibility index (Phi) is 5.59. The maximum absolute atomic E-state index is 13.6. The highest BCUT2D eigenvalue weighted by Crippen LogP contribution is 2.21. The van der Waals surface area contributed by atoms with E-state index in [0.29, 0.717) is 5.56 Å². The Balaban J connectivity index is 2.15. The van der Waals surface area contributed by atoms with Crippen LogP contribution in [-0.2, 0) is 9.53 Å². The van der Waals surface area contributed by atoms with E-state index in [9.17, 15) is 23.2 Å². The van der Waals surface area contributed by atoms with Crippen LogP contribution in [0.5, 0.6) is 0 Å². The molecule has 0 heterocycles. The molecule has 0 radical (unpaired) electrons. The lowest BCUT2D eigenvalue weighted by atomic mass is 10.1. The van der Waals surface area contributed by atoms with E-state index in [1.165, 1.54) is 13.0 Å². The van der Waals surface area contributed by atoms with Crippen LogP contribution in [0.25, 0.3) is 0 Å². The Morgan fingerprint density at radius 1 is 1.08 bits per heavy atom. The van der Waals surface area contributed by atoms with Crippen molar-refractivity contribution in [3.63, 3.8) is 0 Å². The number of para-hydroxylation sites is 1. The Bertz CT molecular complexity index is 849. The summed E-state index contributed by atoms with van der Waals surface area (Å²) in [6.07, 6.45) is 0. The molecule has 1 amide bonds. The van der Waals surface area contributed by atoms with Gasteiger partial charge in [-0.3, -0.25) is 9.59 Å². The van der Waals surface area contributed by atoms with Gasteiger partial charge in [0, 0.05) is 6.92 Å². The summed E-state index contributed by atoms with van der Waals surface area (Å²) in [5.41, 5.74) is 0.457. The number of ketones is 1. The average Bonchev–Trinajstić information content (AvgIpc) is 2.56. The first-order chi connectivity index (χ1) is 11.8. The summed E-state index contributed by atoms with van der Waals surface area (Å²) >= 11 is 0. The molecular weight excluding hydrogens is 332 g/mol. The topological polar surface area (TPSA) is 72.5 Å². The van der Waals surface area contributed by atoms with E-state index < -0.39 is 35.6 Å². The number of Topliss-reactive ketones (excluding diaryl/α,β-unsaturated/α-hetero) is 1. The molecule has 130 valence electrons. The summed E-state index contributed by atoms with van der Waals surface area (Å²) in [5.74, 6) is -3.79. The van der Waals surface area contributed by atoms with Crippen molar-refractivity contribution < 1.29 is 27.9 Å². The minimum absolute atomic E-state index is 0.0581. The van der Waals surface area contributed by atoms with Gasteiger partial charge >= 0.3 is 5.97 Å². The second-order valence-electron chi connectivity index (χ2n) is 5.30. The first kappa shape index (κ1) is 18.3. The monoisotopic (exact) mass is 347 g/mol. The number of carbonyl (C=O) groups excluding carboxylic acids is 3. The fraction of sp³-hybridized carbons (Fsp3) is 0.167. The molecule has 2 aromatic carbocycles. The fourth-order valence-electron chi connectivity index (χ4n) is 2.18. The van der Waals surface area contributed by atoms with Crippen LogP contribution in [0.15, 0.2) is 36.4 Å². The van der Waals surface area contributed by atoms with Crippen molar-refractivity contribution in [2.45, 2.75) is 13.8 Å². The van der Waals surface area contributed by atoms with Crippen molar-refractivity contribution in [3.8, 4) is 0 Å². The molecule has 5 nitrogen and oxygen atoms in total. The van der Waals surface area contributed by atoms with E-state index in [2.05, 4.69) is 5.32 Å². The van der Waals surface area contributed by atoms with Gasteiger partial charge in [0.15, 0.2) is 6.61 Å². The SMILES string of the molecule is CC(=O)Nc1c(C)cccc1C(=O)OCC(=O)c1cc(F)ccc1F. The van der Waals surface area contributed by atoms with Crippen molar-refractivity contribution in [3.05, 3.63) is 64.7 Å². The minimum Gasteiger partial charge on any atom is -0.454 e. The van der Waals surface area contributed by atoms with Gasteiger partial charge in [-0.05, 0) is 36.8 Å². The maximum atomic E-state index is 13.6. The molecule has 25 heavy (non-hydrogen) atoms. The number of nitrogens with one attached hydrogen (secondary N) is 1. The van der Waals surface area contributed by atoms with Crippen LogP contribution < -0.4 is 5.32 Å². The fourth-order valence-corrected chi connectivity index (χ4v) is 2.18. The smallest absolute Gasteiger partial charge is 0.340 e. The molecule has 0 aliphatic carbocycles. The molecule has 0 unspecified atom stereocenters. The highest BCUT2D eigenvalue weighted by molar-refractivity contribution is 6.03. The molecular formula is C18H15F2NO4. The number of rotatable bonds is 5. The molecule has 0 saturated carbocycles. The van der Waals surface area contributed by atoms with Crippen molar-refractivity contribution in [2.24, 2.45) is 0 Å². The number of anilines is 1. The van der Waals surface area contributed by atoms with Gasteiger partial charge in [0.25, 0.3) is 0 Å². The van der Waals surface area contributed by atoms with Gasteiger partial charge in [-0.2, -0.15) is 0 Å². The molecule has 2 aromatic rings. The lowest BCUT2D eigenvalue weighted by Crippen LogP contribution is -2.18. The highest BCUT2D eigenvalue weighted by atomic mass is 19.1. The molecule has 0 atom stereocenters. The van der Waals surface area contributed by atoms with E-state index in [-0.39, 0.29) is 17.2 Å². The Labute approximate surface area is 142 Å². The van der Waals surface area contributed by atoms with Gasteiger partial charge in [-0.15, -0.1) is 0 Å². The number of amides is 1. The third-order valence-corrected chi connectivity index (χ3v) is 3.36. The number of carbonyl (C=O) groups is 3. The van der Waals surface area contributed by atoms with Crippen LogP contribution in [0.2, 0.25) is 0 Å². The Hall–Kier alpha value is -3.09. The number of hydrogen-bond donors (Lipinski definition) is 1. The molecule has 0 spiro atoms. The van der Waals surface area contributed by atoms with Gasteiger partial charge < -0.3 is 10.1 Å². The highest BCUT2D eigenvalue weighted by Gasteiger charge is 2.19. The van der Waals surface area contributed by atoms with E-state index in [0.717, 1.165) is 18.2 Å². The Morgan fingerprint density at radius 3 is 2.48 bits per heavy atom. The lowest BCUT2D eigenvalue weighted by molar-refractivity contribution is -0.114. The summed E-state index contributed by atoms with van der Waals surface area (Å²) in [5, 5.41) is 2.52. The van der Waals surface area contributed by atoms with Gasteiger partial charge in [-0.25, -0.2) is 13.6 Å². The molecule has 0 aliphatic heterocycles. The van der Waals surface area contributed by atoms with Crippen LogP contribution in [0.4, 0.5) is 14.5 Å². The minimum atomic E-state index is -0.906. The predicted octanol–water partition coefficient (Wildman–Crippen LogP) is 3.27. The zero-order valence-corrected chi connectivity index (χ0v) is 13.6. The number of ether oxygens (including phenoxy) is 1. The van der Waals surface area contributed by atoms with Gasteiger partial charge in [0.1, 0.15) is 11.6 Å². The van der Waals surface area contributed by atoms with E-state index in [4.69, 9.17) is 4.74 Å². The first-order valence-corrected chi connectivity index (χ1v) is 7.32. The third-order valence-electron chi connectivity index (χ3n) is 3.36. The van der Waals surface area contributed by atoms with Crippen LogP contribution >= 0.6 is 0 Å². The number of halogens is 2. The van der Waals surface area contributed by atoms with Crippen molar-refractivity contribution in [2.75, 3.05) is 11.9 Å². The molecule has 0 aliphatic rings. The van der Waals surface area contributed by atoms with Gasteiger partial charge in [0.05, 0.1) is 16.8 Å². The van der Waals surface area contributed by atoms with E-state index in [1.807, 2.05) is 0 Å². The second kappa shape index (κ2) is 7.65. The van der Waals surface area contributed by atoms with Crippen molar-refractivity contribution in [1.29, 1.82) is 0 Å². The van der Waals surface area contributed by atoms with E-state index in [1.54, 1.807) is 19.1 Å². The number of hydrogen-bond acceptors (Lipinski definition) is 4. The molecule has 0 saturated heterocycles. The van der Waals surface area contributed by atoms with Crippen molar-refractivity contribution in [1.82, 2.24) is 0 Å². The lowest BCUT2D eigenvalue weighted by Gasteiger charge is -2.12. The van der Waals surface area contributed by atoms with Crippen LogP contribution in [0, 0.1) is 18.6 Å². The number of aryl methyl sites for hydroxylation is 1. The third kappa shape index (κ3) is 4.47. The molecule has 0 aromatic heterocycles. The van der Waals surface area contributed by atoms with Gasteiger partial charge in [0.2, 0.25) is 11.7 Å². The number of esters is 1. The largest absolute Gasteiger partial charge is 0.454 e. The summed E-state index contributed by atoms with van der Waals surface area (Å²) in [6.45, 7) is 2.22. The standard InChI is InChI=1S/C18H15F2NO4/c1-10-4-3-5-13(17(10)21-11(2)22)18(24)25-9-16(23)14-8-12(19)6-7-15(14)20/h3-8H,9H2,1-2H3,(H,21,22). The molecule has 7 heteroatoms. The van der Waals surface area contributed by atoms with Crippen LogP contribution in [0.3, 0.4) is 0 Å². The first-order valence-electron chi connectivity index (χ1n) is 7.32. The average molecular weight is 347 g/mol. The van der Waals surface area contributed by atoms with Crippen molar-refractivity contribution >= 4 is 23.3 Å². The zero-order valence-electron chi connectivity index (χ0n) is 13.6. The zero-order chi connectivity index (χ0) is 18.6. The molecule has 1 N–H and O–H groups in total. The normalized spacial score (nSPS) is 10.2. The quantitative estimate of drug-likeness (QED) is 0.665. The van der Waals surface area contributed by atoms with Crippen LogP contribution in [-0.4, -0.2) is 24.3 Å². The van der Waals surface area contributed by atoms with Crippen LogP contribution in [0.1, 0.15) is 33.2 Å². The molecule has 0 bridgehead atoms. The molecule has 0 fully saturated rings. The van der Waals surface area contributed by atoms with Gasteiger partial charge in [-0.1, -0.05) is 12.1 Å². The summed E-state index contributed by atoms with van der Waals surface area (Å²) in [7, 11) is 0. The molecule has 2 rings (SSSR count). The second-order valence-corrected chi connectivity index (χ2v) is 5.30.